The molecule has 1 amide bonds. The minimum absolute atomic E-state index is 0.441. The Morgan fingerprint density at radius 1 is 1.47 bits per heavy atom. The van der Waals surface area contributed by atoms with Gasteiger partial charge in [-0.2, -0.15) is 0 Å². The number of thioether (sulfide) groups is 1. The van der Waals surface area contributed by atoms with Crippen molar-refractivity contribution in [3.8, 4) is 0 Å². The van der Waals surface area contributed by atoms with Crippen LogP contribution in [0.2, 0.25) is 0 Å². The van der Waals surface area contributed by atoms with E-state index in [9.17, 15) is 4.79 Å². The summed E-state index contributed by atoms with van der Waals surface area (Å²) in [5, 5.41) is 1.65. The van der Waals surface area contributed by atoms with Gasteiger partial charge in [-0.25, -0.2) is 4.98 Å². The highest BCUT2D eigenvalue weighted by molar-refractivity contribution is 8.03. The van der Waals surface area contributed by atoms with Gasteiger partial charge in [0.2, 0.25) is 5.91 Å². The first kappa shape index (κ1) is 10.2. The largest absolute Gasteiger partial charge is 0.366 e. The second-order valence-corrected chi connectivity index (χ2v) is 4.95. The predicted molar refractivity (Wildman–Crippen MR) is 63.8 cm³/mol. The molecule has 2 rings (SSSR count). The van der Waals surface area contributed by atoms with Gasteiger partial charge < -0.3 is 5.73 Å². The molecular formula is C10H8N2OS2. The number of para-hydroxylation sites is 1. The zero-order chi connectivity index (χ0) is 10.7. The Hall–Kier alpha value is -1.33. The summed E-state index contributed by atoms with van der Waals surface area (Å²) in [6.45, 7) is 0. The lowest BCUT2D eigenvalue weighted by molar-refractivity contribution is -0.113. The van der Waals surface area contributed by atoms with E-state index in [4.69, 9.17) is 5.73 Å². The maximum Gasteiger partial charge on any atom is 0.241 e. The van der Waals surface area contributed by atoms with E-state index in [1.165, 1.54) is 17.8 Å². The summed E-state index contributed by atoms with van der Waals surface area (Å²) in [6.07, 6.45) is 1.33. The van der Waals surface area contributed by atoms with Crippen molar-refractivity contribution in [2.24, 2.45) is 5.73 Å². The molecule has 0 aliphatic heterocycles. The molecule has 2 aromatic rings. The van der Waals surface area contributed by atoms with Crippen LogP contribution in [-0.2, 0) is 4.79 Å². The third-order valence-corrected chi connectivity index (χ3v) is 3.61. The van der Waals surface area contributed by atoms with Crippen molar-refractivity contribution in [1.82, 2.24) is 4.98 Å². The van der Waals surface area contributed by atoms with Gasteiger partial charge in [-0.05, 0) is 17.5 Å². The number of amides is 1. The molecule has 5 heteroatoms. The van der Waals surface area contributed by atoms with Gasteiger partial charge in [-0.3, -0.25) is 4.79 Å². The second-order valence-electron chi connectivity index (χ2n) is 2.77. The number of fused-ring (bicyclic) bond motifs is 1. The summed E-state index contributed by atoms with van der Waals surface area (Å²) in [6, 6.07) is 7.92. The third-order valence-electron chi connectivity index (χ3n) is 1.68. The molecular weight excluding hydrogens is 228 g/mol. The number of benzene rings is 1. The van der Waals surface area contributed by atoms with Gasteiger partial charge in [0.15, 0.2) is 4.34 Å². The first-order valence-corrected chi connectivity index (χ1v) is 5.93. The molecule has 0 saturated carbocycles. The van der Waals surface area contributed by atoms with Crippen molar-refractivity contribution in [2.75, 3.05) is 0 Å². The van der Waals surface area contributed by atoms with Gasteiger partial charge in [0.25, 0.3) is 0 Å². The van der Waals surface area contributed by atoms with Crippen molar-refractivity contribution in [3.05, 3.63) is 35.7 Å². The van der Waals surface area contributed by atoms with Gasteiger partial charge in [0, 0.05) is 6.08 Å². The second kappa shape index (κ2) is 4.46. The first-order chi connectivity index (χ1) is 7.25. The smallest absolute Gasteiger partial charge is 0.241 e. The molecule has 0 atom stereocenters. The number of nitrogens with two attached hydrogens (primary N) is 1. The van der Waals surface area contributed by atoms with Crippen LogP contribution in [-0.4, -0.2) is 10.9 Å². The van der Waals surface area contributed by atoms with Crippen molar-refractivity contribution < 1.29 is 4.79 Å². The molecule has 1 aromatic heterocycles. The number of nitrogens with zero attached hydrogens (tertiary/aromatic N) is 1. The number of aromatic nitrogens is 1. The van der Waals surface area contributed by atoms with E-state index in [0.717, 1.165) is 14.6 Å². The molecule has 0 radical (unpaired) electrons. The van der Waals surface area contributed by atoms with E-state index < -0.39 is 5.91 Å². The maximum atomic E-state index is 10.5. The average molecular weight is 236 g/mol. The number of thiazole rings is 1. The van der Waals surface area contributed by atoms with Gasteiger partial charge in [-0.15, -0.1) is 11.3 Å². The van der Waals surface area contributed by atoms with Crippen LogP contribution >= 0.6 is 23.1 Å². The van der Waals surface area contributed by atoms with E-state index in [-0.39, 0.29) is 0 Å². The highest BCUT2D eigenvalue weighted by Gasteiger charge is 2.01. The number of primary amides is 1. The maximum absolute atomic E-state index is 10.5. The van der Waals surface area contributed by atoms with E-state index in [2.05, 4.69) is 4.98 Å². The molecule has 0 saturated heterocycles. The lowest BCUT2D eigenvalue weighted by Crippen LogP contribution is -2.04. The fourth-order valence-corrected chi connectivity index (χ4v) is 2.86. The van der Waals surface area contributed by atoms with Crippen molar-refractivity contribution in [3.63, 3.8) is 0 Å². The van der Waals surface area contributed by atoms with Crippen LogP contribution in [0.1, 0.15) is 0 Å². The van der Waals surface area contributed by atoms with Crippen molar-refractivity contribution in [1.29, 1.82) is 0 Å². The Balaban J connectivity index is 2.19. The fraction of sp³-hybridized carbons (Fsp3) is 0. The van der Waals surface area contributed by atoms with Gasteiger partial charge in [0.05, 0.1) is 10.2 Å². The summed E-state index contributed by atoms with van der Waals surface area (Å²) >= 11 is 3.00. The van der Waals surface area contributed by atoms with Crippen LogP contribution < -0.4 is 5.73 Å². The zero-order valence-corrected chi connectivity index (χ0v) is 9.35. The predicted octanol–water partition coefficient (Wildman–Crippen LogP) is 2.39. The van der Waals surface area contributed by atoms with Crippen LogP contribution in [0.25, 0.3) is 10.2 Å². The Labute approximate surface area is 95.0 Å². The zero-order valence-electron chi connectivity index (χ0n) is 7.71. The number of carbonyl (C=O) groups is 1. The van der Waals surface area contributed by atoms with Crippen molar-refractivity contribution in [2.45, 2.75) is 4.34 Å². The van der Waals surface area contributed by atoms with Gasteiger partial charge in [0.1, 0.15) is 0 Å². The summed E-state index contributed by atoms with van der Waals surface area (Å²) in [5.41, 5.74) is 5.96. The molecule has 76 valence electrons. The van der Waals surface area contributed by atoms with E-state index in [1.54, 1.807) is 16.7 Å². The van der Waals surface area contributed by atoms with Gasteiger partial charge >= 0.3 is 0 Å². The molecule has 1 heterocycles. The summed E-state index contributed by atoms with van der Waals surface area (Å²) in [5.74, 6) is -0.441. The highest BCUT2D eigenvalue weighted by Crippen LogP contribution is 2.29. The molecule has 2 N–H and O–H groups in total. The van der Waals surface area contributed by atoms with E-state index in [0.29, 0.717) is 0 Å². The molecule has 0 bridgehead atoms. The third kappa shape index (κ3) is 2.57. The summed E-state index contributed by atoms with van der Waals surface area (Å²) in [7, 11) is 0. The van der Waals surface area contributed by atoms with E-state index >= 15 is 0 Å². The van der Waals surface area contributed by atoms with E-state index in [1.807, 2.05) is 24.3 Å². The minimum Gasteiger partial charge on any atom is -0.366 e. The summed E-state index contributed by atoms with van der Waals surface area (Å²) < 4.78 is 2.06. The fourth-order valence-electron chi connectivity index (χ4n) is 1.06. The van der Waals surface area contributed by atoms with Crippen LogP contribution in [0.15, 0.2) is 40.1 Å². The lowest BCUT2D eigenvalue weighted by atomic mass is 10.3. The Morgan fingerprint density at radius 3 is 3.00 bits per heavy atom. The summed E-state index contributed by atoms with van der Waals surface area (Å²) in [4.78, 5) is 14.9. The molecule has 3 nitrogen and oxygen atoms in total. The Morgan fingerprint density at radius 2 is 2.27 bits per heavy atom. The molecule has 0 fully saturated rings. The number of hydrogen-bond donors (Lipinski definition) is 1. The quantitative estimate of drug-likeness (QED) is 0.657. The van der Waals surface area contributed by atoms with Crippen LogP contribution in [0.5, 0.6) is 0 Å². The molecule has 15 heavy (non-hydrogen) atoms. The average Bonchev–Trinajstić information content (AvgIpc) is 2.59. The molecule has 0 spiro atoms. The lowest BCUT2D eigenvalue weighted by Gasteiger charge is -1.83. The van der Waals surface area contributed by atoms with Crippen molar-refractivity contribution >= 4 is 39.2 Å². The monoisotopic (exact) mass is 236 g/mol. The normalized spacial score (nSPS) is 11.2. The molecule has 0 aliphatic rings. The molecule has 0 unspecified atom stereocenters. The first-order valence-electron chi connectivity index (χ1n) is 4.24. The topological polar surface area (TPSA) is 56.0 Å². The minimum atomic E-state index is -0.441. The van der Waals surface area contributed by atoms with Crippen LogP contribution in [0, 0.1) is 0 Å². The highest BCUT2D eigenvalue weighted by atomic mass is 32.2. The number of rotatable bonds is 3. The standard InChI is InChI=1S/C10H8N2OS2/c11-9(13)5-6-14-10-12-7-3-1-2-4-8(7)15-10/h1-6H,(H2,11,13)/b6-5-. The Kier molecular flexibility index (Phi) is 3.03. The molecule has 1 aromatic carbocycles. The Bertz CT molecular complexity index is 486. The van der Waals surface area contributed by atoms with Crippen LogP contribution in [0.4, 0.5) is 0 Å². The number of hydrogen-bond acceptors (Lipinski definition) is 4. The van der Waals surface area contributed by atoms with Crippen LogP contribution in [0.3, 0.4) is 0 Å². The number of carbonyl (C=O) groups excluding carboxylic acids is 1. The van der Waals surface area contributed by atoms with Gasteiger partial charge in [-0.1, -0.05) is 23.9 Å². The SMILES string of the molecule is NC(=O)/C=C\Sc1nc2ccccc2s1. The molecule has 0 aliphatic carbocycles.